The molecule has 0 aliphatic carbocycles. The number of nitrogens with two attached hydrogens (primary N) is 1. The maximum absolute atomic E-state index is 11.9. The fourth-order valence-electron chi connectivity index (χ4n) is 1.43. The van der Waals surface area contributed by atoms with E-state index in [9.17, 15) is 4.79 Å². The van der Waals surface area contributed by atoms with Crippen molar-refractivity contribution in [1.82, 2.24) is 0 Å². The van der Waals surface area contributed by atoms with Gasteiger partial charge in [0.15, 0.2) is 0 Å². The third kappa shape index (κ3) is 2.99. The van der Waals surface area contributed by atoms with Crippen molar-refractivity contribution in [1.29, 1.82) is 0 Å². The minimum Gasteiger partial charge on any atom is -0.456 e. The maximum atomic E-state index is 11.9. The summed E-state index contributed by atoms with van der Waals surface area (Å²) in [4.78, 5) is 11.9. The molecule has 0 radical (unpaired) electrons. The topological polar surface area (TPSA) is 52.3 Å². The highest BCUT2D eigenvalue weighted by atomic mass is 16.6. The largest absolute Gasteiger partial charge is 0.456 e. The molecule has 0 fully saturated rings. The minimum absolute atomic E-state index is 0.319. The summed E-state index contributed by atoms with van der Waals surface area (Å²) in [7, 11) is 0. The number of carbonyl (C=O) groups excluding carboxylic acids is 1. The van der Waals surface area contributed by atoms with Crippen molar-refractivity contribution in [2.75, 3.05) is 5.73 Å². The van der Waals surface area contributed by atoms with Crippen LogP contribution in [-0.4, -0.2) is 11.6 Å². The molecule has 0 amide bonds. The highest BCUT2D eigenvalue weighted by Crippen LogP contribution is 2.21. The van der Waals surface area contributed by atoms with Gasteiger partial charge in [0.25, 0.3) is 0 Å². The summed E-state index contributed by atoms with van der Waals surface area (Å²) >= 11 is 0. The highest BCUT2D eigenvalue weighted by Gasteiger charge is 2.20. The summed E-state index contributed by atoms with van der Waals surface area (Å²) in [6, 6.07) is 3.66. The average Bonchev–Trinajstić information content (AvgIpc) is 2.08. The number of hydrogen-bond acceptors (Lipinski definition) is 3. The van der Waals surface area contributed by atoms with Gasteiger partial charge in [-0.05, 0) is 57.9 Å². The molecular weight excluding hydrogens is 202 g/mol. The van der Waals surface area contributed by atoms with E-state index < -0.39 is 5.60 Å². The zero-order valence-corrected chi connectivity index (χ0v) is 10.5. The van der Waals surface area contributed by atoms with Crippen molar-refractivity contribution in [2.24, 2.45) is 0 Å². The lowest BCUT2D eigenvalue weighted by atomic mass is 10.0. The zero-order valence-electron chi connectivity index (χ0n) is 10.5. The number of nitrogen functional groups attached to an aromatic ring is 1. The van der Waals surface area contributed by atoms with E-state index in [-0.39, 0.29) is 5.97 Å². The van der Waals surface area contributed by atoms with E-state index in [1.165, 1.54) is 0 Å². The molecule has 3 nitrogen and oxygen atoms in total. The quantitative estimate of drug-likeness (QED) is 0.586. The average molecular weight is 221 g/mol. The number of ether oxygens (including phenoxy) is 1. The molecule has 0 aliphatic rings. The molecule has 0 saturated carbocycles. The molecular formula is C13H19NO2. The molecule has 3 heteroatoms. The van der Waals surface area contributed by atoms with Crippen LogP contribution in [-0.2, 0) is 4.74 Å². The standard InChI is InChI=1S/C13H19NO2/c1-8-6-10(9(2)11(14)7-8)12(15)16-13(3,4)5/h6-7H,14H2,1-5H3. The van der Waals surface area contributed by atoms with Crippen molar-refractivity contribution >= 4 is 11.7 Å². The Labute approximate surface area is 96.6 Å². The Morgan fingerprint density at radius 1 is 1.25 bits per heavy atom. The van der Waals surface area contributed by atoms with Gasteiger partial charge in [-0.3, -0.25) is 0 Å². The number of aryl methyl sites for hydroxylation is 1. The van der Waals surface area contributed by atoms with E-state index in [1.54, 1.807) is 6.07 Å². The van der Waals surface area contributed by atoms with Crippen LogP contribution in [0, 0.1) is 13.8 Å². The fraction of sp³-hybridized carbons (Fsp3) is 0.462. The van der Waals surface area contributed by atoms with Crippen LogP contribution < -0.4 is 5.73 Å². The normalized spacial score (nSPS) is 11.3. The van der Waals surface area contributed by atoms with Crippen molar-refractivity contribution < 1.29 is 9.53 Å². The number of esters is 1. The number of anilines is 1. The molecule has 1 rings (SSSR count). The first-order chi connectivity index (χ1) is 7.20. The Balaban J connectivity index is 3.09. The molecule has 1 aromatic carbocycles. The molecule has 0 spiro atoms. The Bertz CT molecular complexity index is 417. The molecule has 0 unspecified atom stereocenters. The molecule has 0 bridgehead atoms. The summed E-state index contributed by atoms with van der Waals surface area (Å²) in [5.41, 5.74) is 8.25. The van der Waals surface area contributed by atoms with Crippen LogP contribution in [0.2, 0.25) is 0 Å². The fourth-order valence-corrected chi connectivity index (χ4v) is 1.43. The SMILES string of the molecule is Cc1cc(N)c(C)c(C(=O)OC(C)(C)C)c1. The van der Waals surface area contributed by atoms with Gasteiger partial charge in [0.1, 0.15) is 5.60 Å². The van der Waals surface area contributed by atoms with E-state index in [1.807, 2.05) is 40.7 Å². The molecule has 16 heavy (non-hydrogen) atoms. The summed E-state index contributed by atoms with van der Waals surface area (Å²) in [5, 5.41) is 0. The number of carbonyl (C=O) groups is 1. The second-order valence-electron chi connectivity index (χ2n) is 5.03. The third-order valence-corrected chi connectivity index (χ3v) is 2.21. The number of hydrogen-bond donors (Lipinski definition) is 1. The van der Waals surface area contributed by atoms with E-state index in [0.717, 1.165) is 11.1 Å². The van der Waals surface area contributed by atoms with Gasteiger partial charge in [-0.1, -0.05) is 0 Å². The van der Waals surface area contributed by atoms with Crippen LogP contribution >= 0.6 is 0 Å². The van der Waals surface area contributed by atoms with Crippen molar-refractivity contribution in [3.8, 4) is 0 Å². The molecule has 2 N–H and O–H groups in total. The third-order valence-electron chi connectivity index (χ3n) is 2.21. The molecule has 0 atom stereocenters. The van der Waals surface area contributed by atoms with Crippen LogP contribution in [0.3, 0.4) is 0 Å². The molecule has 0 saturated heterocycles. The second kappa shape index (κ2) is 4.16. The van der Waals surface area contributed by atoms with Crippen LogP contribution in [0.5, 0.6) is 0 Å². The van der Waals surface area contributed by atoms with E-state index in [2.05, 4.69) is 0 Å². The van der Waals surface area contributed by atoms with Crippen molar-refractivity contribution in [3.63, 3.8) is 0 Å². The minimum atomic E-state index is -0.484. The Morgan fingerprint density at radius 3 is 2.31 bits per heavy atom. The van der Waals surface area contributed by atoms with Gasteiger partial charge in [0, 0.05) is 5.69 Å². The van der Waals surface area contributed by atoms with Crippen LogP contribution in [0.1, 0.15) is 42.3 Å². The van der Waals surface area contributed by atoms with Crippen molar-refractivity contribution in [3.05, 3.63) is 28.8 Å². The predicted molar refractivity (Wildman–Crippen MR) is 65.5 cm³/mol. The zero-order chi connectivity index (χ0) is 12.5. The molecule has 0 aromatic heterocycles. The number of benzene rings is 1. The lowest BCUT2D eigenvalue weighted by molar-refractivity contribution is 0.00687. The van der Waals surface area contributed by atoms with Gasteiger partial charge in [0.2, 0.25) is 0 Å². The van der Waals surface area contributed by atoms with Crippen molar-refractivity contribution in [2.45, 2.75) is 40.2 Å². The molecule has 0 aliphatic heterocycles. The Hall–Kier alpha value is -1.51. The van der Waals surface area contributed by atoms with Crippen LogP contribution in [0.4, 0.5) is 5.69 Å². The van der Waals surface area contributed by atoms with Gasteiger partial charge in [-0.25, -0.2) is 4.79 Å². The first kappa shape index (κ1) is 12.6. The van der Waals surface area contributed by atoms with Crippen LogP contribution in [0.25, 0.3) is 0 Å². The van der Waals surface area contributed by atoms with Gasteiger partial charge in [-0.2, -0.15) is 0 Å². The molecule has 88 valence electrons. The van der Waals surface area contributed by atoms with E-state index in [0.29, 0.717) is 11.3 Å². The summed E-state index contributed by atoms with van der Waals surface area (Å²) < 4.78 is 5.32. The first-order valence-electron chi connectivity index (χ1n) is 5.31. The Kier molecular flexibility index (Phi) is 3.27. The summed E-state index contributed by atoms with van der Waals surface area (Å²) in [6.07, 6.45) is 0. The molecule has 1 aromatic rings. The first-order valence-corrected chi connectivity index (χ1v) is 5.31. The lowest BCUT2D eigenvalue weighted by Crippen LogP contribution is -2.24. The monoisotopic (exact) mass is 221 g/mol. The van der Waals surface area contributed by atoms with Gasteiger partial charge in [-0.15, -0.1) is 0 Å². The van der Waals surface area contributed by atoms with Crippen LogP contribution in [0.15, 0.2) is 12.1 Å². The van der Waals surface area contributed by atoms with Gasteiger partial charge >= 0.3 is 5.97 Å². The predicted octanol–water partition coefficient (Wildman–Crippen LogP) is 2.84. The number of rotatable bonds is 1. The van der Waals surface area contributed by atoms with Gasteiger partial charge in [0.05, 0.1) is 5.56 Å². The second-order valence-corrected chi connectivity index (χ2v) is 5.03. The summed E-state index contributed by atoms with van der Waals surface area (Å²) in [6.45, 7) is 9.27. The van der Waals surface area contributed by atoms with E-state index >= 15 is 0 Å². The van der Waals surface area contributed by atoms with E-state index in [4.69, 9.17) is 10.5 Å². The lowest BCUT2D eigenvalue weighted by Gasteiger charge is -2.20. The summed E-state index contributed by atoms with van der Waals surface area (Å²) in [5.74, 6) is -0.319. The highest BCUT2D eigenvalue weighted by molar-refractivity contribution is 5.93. The Morgan fingerprint density at radius 2 is 1.81 bits per heavy atom. The smallest absolute Gasteiger partial charge is 0.339 e. The molecule has 0 heterocycles. The van der Waals surface area contributed by atoms with Gasteiger partial charge < -0.3 is 10.5 Å². The maximum Gasteiger partial charge on any atom is 0.339 e.